The van der Waals surface area contributed by atoms with Gasteiger partial charge in [0.1, 0.15) is 0 Å². The average Bonchev–Trinajstić information content (AvgIpc) is 2.16. The molecule has 0 aromatic heterocycles. The van der Waals surface area contributed by atoms with Gasteiger partial charge in [-0.25, -0.2) is 5.48 Å². The van der Waals surface area contributed by atoms with Crippen LogP contribution in [0.25, 0.3) is 0 Å². The first-order chi connectivity index (χ1) is 6.31. The van der Waals surface area contributed by atoms with Crippen LogP contribution in [0.4, 0.5) is 0 Å². The zero-order valence-corrected chi connectivity index (χ0v) is 8.56. The van der Waals surface area contributed by atoms with E-state index in [1.807, 2.05) is 0 Å². The van der Waals surface area contributed by atoms with Gasteiger partial charge in [-0.2, -0.15) is 0 Å². The molecular weight excluding hydrogens is 168 g/mol. The maximum Gasteiger partial charge on any atom is 0.243 e. The summed E-state index contributed by atoms with van der Waals surface area (Å²) in [6.07, 6.45) is 2.84. The van der Waals surface area contributed by atoms with Gasteiger partial charge in [0, 0.05) is 13.0 Å². The molecule has 13 heavy (non-hydrogen) atoms. The lowest BCUT2D eigenvalue weighted by molar-refractivity contribution is -0.133. The summed E-state index contributed by atoms with van der Waals surface area (Å²) in [6.45, 7) is 6.26. The van der Waals surface area contributed by atoms with E-state index in [-0.39, 0.29) is 5.91 Å². The summed E-state index contributed by atoms with van der Waals surface area (Å²) in [6, 6.07) is 0. The van der Waals surface area contributed by atoms with Gasteiger partial charge >= 0.3 is 0 Å². The Kier molecular flexibility index (Phi) is 9.03. The molecule has 0 aliphatic carbocycles. The highest BCUT2D eigenvalue weighted by atomic mass is 16.6. The number of hydrogen-bond acceptors (Lipinski definition) is 3. The van der Waals surface area contributed by atoms with E-state index in [4.69, 9.17) is 4.84 Å². The van der Waals surface area contributed by atoms with Crippen LogP contribution in [0.5, 0.6) is 0 Å². The third-order valence-electron chi connectivity index (χ3n) is 1.60. The van der Waals surface area contributed by atoms with Crippen molar-refractivity contribution in [1.82, 2.24) is 10.8 Å². The predicted octanol–water partition coefficient (Wildman–Crippen LogP) is 0.834. The van der Waals surface area contributed by atoms with E-state index in [0.717, 1.165) is 13.1 Å². The lowest BCUT2D eigenvalue weighted by atomic mass is 10.3. The van der Waals surface area contributed by atoms with Gasteiger partial charge in [-0.1, -0.05) is 20.3 Å². The number of hydrogen-bond donors (Lipinski definition) is 2. The van der Waals surface area contributed by atoms with Crippen molar-refractivity contribution < 1.29 is 9.63 Å². The second-order valence-electron chi connectivity index (χ2n) is 2.83. The molecule has 0 spiro atoms. The van der Waals surface area contributed by atoms with E-state index in [1.165, 1.54) is 12.8 Å². The number of hydroxylamine groups is 1. The smallest absolute Gasteiger partial charge is 0.243 e. The van der Waals surface area contributed by atoms with Crippen molar-refractivity contribution in [3.63, 3.8) is 0 Å². The SMILES string of the molecule is CCCCNCCONC(=O)CC. The summed E-state index contributed by atoms with van der Waals surface area (Å²) < 4.78 is 0. The van der Waals surface area contributed by atoms with Crippen molar-refractivity contribution >= 4 is 5.91 Å². The van der Waals surface area contributed by atoms with Gasteiger partial charge in [0.15, 0.2) is 0 Å². The minimum atomic E-state index is -0.0754. The summed E-state index contributed by atoms with van der Waals surface area (Å²) >= 11 is 0. The molecule has 0 aromatic carbocycles. The molecule has 0 saturated heterocycles. The third-order valence-corrected chi connectivity index (χ3v) is 1.60. The van der Waals surface area contributed by atoms with E-state index in [9.17, 15) is 4.79 Å². The molecule has 0 heterocycles. The number of nitrogens with one attached hydrogen (secondary N) is 2. The zero-order chi connectivity index (χ0) is 9.94. The lowest BCUT2D eigenvalue weighted by Crippen LogP contribution is -2.28. The average molecular weight is 188 g/mol. The Hall–Kier alpha value is -0.610. The van der Waals surface area contributed by atoms with Crippen molar-refractivity contribution in [2.75, 3.05) is 19.7 Å². The molecule has 78 valence electrons. The van der Waals surface area contributed by atoms with Crippen LogP contribution in [0.1, 0.15) is 33.1 Å². The number of amides is 1. The fourth-order valence-corrected chi connectivity index (χ4v) is 0.754. The van der Waals surface area contributed by atoms with Gasteiger partial charge in [0.2, 0.25) is 5.91 Å². The van der Waals surface area contributed by atoms with Crippen LogP contribution in [0, 0.1) is 0 Å². The molecule has 0 rings (SSSR count). The van der Waals surface area contributed by atoms with Gasteiger partial charge < -0.3 is 5.32 Å². The summed E-state index contributed by atoms with van der Waals surface area (Å²) in [7, 11) is 0. The molecule has 4 heteroatoms. The van der Waals surface area contributed by atoms with E-state index in [2.05, 4.69) is 17.7 Å². The fraction of sp³-hybridized carbons (Fsp3) is 0.889. The Bertz CT molecular complexity index is 129. The largest absolute Gasteiger partial charge is 0.314 e. The highest BCUT2D eigenvalue weighted by Gasteiger charge is 1.94. The molecular formula is C9H20N2O2. The quantitative estimate of drug-likeness (QED) is 0.438. The summed E-state index contributed by atoms with van der Waals surface area (Å²) in [5.41, 5.74) is 2.34. The number of carbonyl (C=O) groups is 1. The van der Waals surface area contributed by atoms with Crippen molar-refractivity contribution in [2.24, 2.45) is 0 Å². The molecule has 1 amide bonds. The highest BCUT2D eigenvalue weighted by molar-refractivity contribution is 5.74. The molecule has 0 bridgehead atoms. The molecule has 0 aliphatic heterocycles. The predicted molar refractivity (Wildman–Crippen MR) is 52.2 cm³/mol. The maximum atomic E-state index is 10.7. The van der Waals surface area contributed by atoms with Gasteiger partial charge in [0.05, 0.1) is 6.61 Å². The van der Waals surface area contributed by atoms with Gasteiger partial charge in [-0.3, -0.25) is 9.63 Å². The van der Waals surface area contributed by atoms with Crippen molar-refractivity contribution in [1.29, 1.82) is 0 Å². The first-order valence-electron chi connectivity index (χ1n) is 4.92. The highest BCUT2D eigenvalue weighted by Crippen LogP contribution is 1.81. The Labute approximate surface area is 80.0 Å². The molecule has 0 saturated carbocycles. The lowest BCUT2D eigenvalue weighted by Gasteiger charge is -2.05. The maximum absolute atomic E-state index is 10.7. The molecule has 0 aromatic rings. The molecule has 4 nitrogen and oxygen atoms in total. The van der Waals surface area contributed by atoms with Gasteiger partial charge in [-0.05, 0) is 13.0 Å². The standard InChI is InChI=1S/C9H20N2O2/c1-3-5-6-10-7-8-13-11-9(12)4-2/h10H,3-8H2,1-2H3,(H,11,12). The van der Waals surface area contributed by atoms with Crippen molar-refractivity contribution in [2.45, 2.75) is 33.1 Å². The van der Waals surface area contributed by atoms with Crippen LogP contribution in [-0.4, -0.2) is 25.6 Å². The van der Waals surface area contributed by atoms with E-state index < -0.39 is 0 Å². The Morgan fingerprint density at radius 3 is 2.69 bits per heavy atom. The van der Waals surface area contributed by atoms with E-state index >= 15 is 0 Å². The molecule has 0 atom stereocenters. The summed E-state index contributed by atoms with van der Waals surface area (Å²) in [5, 5.41) is 3.20. The molecule has 0 unspecified atom stereocenters. The van der Waals surface area contributed by atoms with Crippen LogP contribution in [0.15, 0.2) is 0 Å². The van der Waals surface area contributed by atoms with Crippen molar-refractivity contribution in [3.05, 3.63) is 0 Å². The molecule has 0 aliphatic rings. The number of rotatable bonds is 8. The fourth-order valence-electron chi connectivity index (χ4n) is 0.754. The third kappa shape index (κ3) is 9.30. The minimum absolute atomic E-state index is 0.0754. The molecule has 0 radical (unpaired) electrons. The number of unbranched alkanes of at least 4 members (excludes halogenated alkanes) is 1. The normalized spacial score (nSPS) is 10.0. The second-order valence-corrected chi connectivity index (χ2v) is 2.83. The second kappa shape index (κ2) is 9.48. The Morgan fingerprint density at radius 2 is 2.08 bits per heavy atom. The molecule has 0 fully saturated rings. The Morgan fingerprint density at radius 1 is 1.31 bits per heavy atom. The number of carbonyl (C=O) groups excluding carboxylic acids is 1. The minimum Gasteiger partial charge on any atom is -0.314 e. The summed E-state index contributed by atoms with van der Waals surface area (Å²) in [5.74, 6) is -0.0754. The Balaban J connectivity index is 2.95. The zero-order valence-electron chi connectivity index (χ0n) is 8.56. The van der Waals surface area contributed by atoms with Crippen LogP contribution >= 0.6 is 0 Å². The van der Waals surface area contributed by atoms with Crippen LogP contribution in [0.3, 0.4) is 0 Å². The van der Waals surface area contributed by atoms with Gasteiger partial charge in [0.25, 0.3) is 0 Å². The first-order valence-corrected chi connectivity index (χ1v) is 4.92. The van der Waals surface area contributed by atoms with Crippen LogP contribution in [-0.2, 0) is 9.63 Å². The van der Waals surface area contributed by atoms with Crippen molar-refractivity contribution in [3.8, 4) is 0 Å². The summed E-state index contributed by atoms with van der Waals surface area (Å²) in [4.78, 5) is 15.6. The molecule has 2 N–H and O–H groups in total. The topological polar surface area (TPSA) is 50.4 Å². The van der Waals surface area contributed by atoms with Crippen LogP contribution < -0.4 is 10.8 Å². The monoisotopic (exact) mass is 188 g/mol. The van der Waals surface area contributed by atoms with Crippen LogP contribution in [0.2, 0.25) is 0 Å². The van der Waals surface area contributed by atoms with E-state index in [0.29, 0.717) is 13.0 Å². The van der Waals surface area contributed by atoms with Gasteiger partial charge in [-0.15, -0.1) is 0 Å². The first kappa shape index (κ1) is 12.4. The van der Waals surface area contributed by atoms with E-state index in [1.54, 1.807) is 6.92 Å².